The average molecular weight is 563 g/mol. The van der Waals surface area contributed by atoms with Crippen molar-refractivity contribution in [2.24, 2.45) is 0 Å². The number of carbonyl (C=O) groups is 2. The van der Waals surface area contributed by atoms with Crippen LogP contribution in [0.5, 0.6) is 0 Å². The topological polar surface area (TPSA) is 115 Å². The Hall–Kier alpha value is -4.49. The van der Waals surface area contributed by atoms with E-state index in [0.29, 0.717) is 9.80 Å². The summed E-state index contributed by atoms with van der Waals surface area (Å²) in [6.45, 7) is -2.00. The summed E-state index contributed by atoms with van der Waals surface area (Å²) >= 11 is 0. The number of alkyl halides is 3. The Morgan fingerprint density at radius 3 is 2.55 bits per heavy atom. The third-order valence-electron chi connectivity index (χ3n) is 6.74. The van der Waals surface area contributed by atoms with Crippen LogP contribution in [-0.2, 0) is 9.59 Å². The Balaban J connectivity index is 1.74. The monoisotopic (exact) mass is 562 g/mol. The molecule has 210 valence electrons. The van der Waals surface area contributed by atoms with E-state index in [0.717, 1.165) is 41.6 Å². The zero-order valence-electron chi connectivity index (χ0n) is 25.7. The number of rotatable bonds is 4. The molecule has 2 N–H and O–H groups in total. The number of nitrogens with zero attached hydrogens (tertiary/aromatic N) is 7. The summed E-state index contributed by atoms with van der Waals surface area (Å²) in [6, 6.07) is 4.21. The van der Waals surface area contributed by atoms with Crippen LogP contribution >= 0.6 is 0 Å². The molecular formula is C26H26F4N8O2. The molecular weight excluding hydrogens is 532 g/mol. The van der Waals surface area contributed by atoms with E-state index in [1.54, 1.807) is 0 Å². The molecule has 1 aliphatic heterocycles. The maximum atomic E-state index is 16.5. The molecule has 1 aliphatic rings. The predicted molar refractivity (Wildman–Crippen MR) is 139 cm³/mol. The Morgan fingerprint density at radius 2 is 1.88 bits per heavy atom. The summed E-state index contributed by atoms with van der Waals surface area (Å²) in [5, 5.41) is 7.95. The largest absolute Gasteiger partial charge is 0.410 e. The summed E-state index contributed by atoms with van der Waals surface area (Å²) in [7, 11) is 0. The van der Waals surface area contributed by atoms with Crippen LogP contribution in [0.2, 0.25) is 0 Å². The molecule has 0 bridgehead atoms. The fourth-order valence-electron chi connectivity index (χ4n) is 4.62. The molecule has 0 radical (unpaired) electrons. The molecule has 40 heavy (non-hydrogen) atoms. The molecule has 4 heterocycles. The van der Waals surface area contributed by atoms with Crippen molar-refractivity contribution in [3.8, 4) is 22.5 Å². The highest BCUT2D eigenvalue weighted by Gasteiger charge is 2.44. The molecule has 0 spiro atoms. The number of fused-ring (bicyclic) bond motifs is 1. The number of benzene rings is 1. The van der Waals surface area contributed by atoms with E-state index in [1.165, 1.54) is 38.1 Å². The maximum absolute atomic E-state index is 16.5. The number of piperazine rings is 1. The van der Waals surface area contributed by atoms with Crippen LogP contribution in [0.15, 0.2) is 42.9 Å². The Bertz CT molecular complexity index is 1820. The number of amides is 2. The van der Waals surface area contributed by atoms with E-state index in [1.807, 2.05) is 0 Å². The summed E-state index contributed by atoms with van der Waals surface area (Å²) < 4.78 is 93.5. The van der Waals surface area contributed by atoms with Crippen molar-refractivity contribution >= 4 is 28.8 Å². The number of halogens is 4. The lowest BCUT2D eigenvalue weighted by Crippen LogP contribution is -2.64. The van der Waals surface area contributed by atoms with Gasteiger partial charge in [-0.1, -0.05) is 6.07 Å². The standard InChI is InChI=1S/C26H26F4N8O2/c1-14(26(28,29)30)37-18(8-9-33-37)17-12-20(38-22(17)23(31)32-13-34-38)16-6-5-7-19(21(16)27)35-10-11-36(15(2)39)25(3,4)24(35)40/h5-9,12-14H,10-11H2,1-4H3,(H2,31,32,34)/i10D2,11D2. The van der Waals surface area contributed by atoms with E-state index in [4.69, 9.17) is 11.2 Å². The molecule has 1 fully saturated rings. The van der Waals surface area contributed by atoms with Gasteiger partial charge in [0.25, 0.3) is 5.91 Å². The van der Waals surface area contributed by atoms with Gasteiger partial charge in [-0.25, -0.2) is 13.9 Å². The van der Waals surface area contributed by atoms with Gasteiger partial charge in [-0.15, -0.1) is 0 Å². The van der Waals surface area contributed by atoms with Gasteiger partial charge in [0.2, 0.25) is 5.91 Å². The van der Waals surface area contributed by atoms with Gasteiger partial charge in [-0.05, 0) is 45.0 Å². The van der Waals surface area contributed by atoms with Gasteiger partial charge in [0.05, 0.1) is 22.6 Å². The predicted octanol–water partition coefficient (Wildman–Crippen LogP) is 4.08. The van der Waals surface area contributed by atoms with Gasteiger partial charge >= 0.3 is 6.18 Å². The molecule has 0 saturated carbocycles. The van der Waals surface area contributed by atoms with Crippen molar-refractivity contribution < 1.29 is 32.6 Å². The number of aromatic nitrogens is 5. The van der Waals surface area contributed by atoms with Crippen LogP contribution in [0, 0.1) is 5.82 Å². The van der Waals surface area contributed by atoms with Crippen LogP contribution < -0.4 is 10.6 Å². The van der Waals surface area contributed by atoms with E-state index >= 15 is 4.39 Å². The minimum absolute atomic E-state index is 0.0292. The van der Waals surface area contributed by atoms with Crippen LogP contribution in [0.3, 0.4) is 0 Å². The highest BCUT2D eigenvalue weighted by molar-refractivity contribution is 6.03. The molecule has 0 aliphatic carbocycles. The van der Waals surface area contributed by atoms with Gasteiger partial charge in [0.15, 0.2) is 11.6 Å². The molecule has 4 aromatic rings. The maximum Gasteiger partial charge on any atom is 0.410 e. The van der Waals surface area contributed by atoms with Crippen LogP contribution in [0.25, 0.3) is 28.0 Å². The van der Waals surface area contributed by atoms with E-state index in [2.05, 4.69) is 15.2 Å². The van der Waals surface area contributed by atoms with Crippen molar-refractivity contribution in [2.45, 2.75) is 45.5 Å². The fourth-order valence-corrected chi connectivity index (χ4v) is 4.62. The Kier molecular flexibility index (Phi) is 5.20. The van der Waals surface area contributed by atoms with E-state index in [-0.39, 0.29) is 33.8 Å². The second-order valence-corrected chi connectivity index (χ2v) is 9.64. The second-order valence-electron chi connectivity index (χ2n) is 9.64. The smallest absolute Gasteiger partial charge is 0.382 e. The number of hydrogen-bond donors (Lipinski definition) is 1. The molecule has 2 amide bonds. The quantitative estimate of drug-likeness (QED) is 0.375. The SMILES string of the molecule is [2H]C1([2H])N(c2cccc(-c3cc(-c4ccnn4C(C)C(F)(F)F)c4c(N)ncnn34)c2F)C(=O)C(C)(C)N(C(C)=O)C1([2H])[2H]. The number of anilines is 2. The van der Waals surface area contributed by atoms with Crippen LogP contribution in [0.4, 0.5) is 29.1 Å². The zero-order chi connectivity index (χ0) is 32.7. The minimum atomic E-state index is -4.65. The lowest BCUT2D eigenvalue weighted by molar-refractivity contribution is -0.165. The Morgan fingerprint density at radius 1 is 1.15 bits per heavy atom. The van der Waals surface area contributed by atoms with Crippen LogP contribution in [0.1, 0.15) is 39.2 Å². The third-order valence-corrected chi connectivity index (χ3v) is 6.74. The number of hydrogen-bond acceptors (Lipinski definition) is 6. The fraction of sp³-hybridized carbons (Fsp3) is 0.346. The summed E-state index contributed by atoms with van der Waals surface area (Å²) in [6.07, 6.45) is -2.45. The lowest BCUT2D eigenvalue weighted by atomic mass is 9.96. The first-order valence-corrected chi connectivity index (χ1v) is 11.9. The number of carbonyl (C=O) groups excluding carboxylic acids is 2. The minimum Gasteiger partial charge on any atom is -0.382 e. The lowest BCUT2D eigenvalue weighted by Gasteiger charge is -2.45. The molecule has 1 aromatic carbocycles. The average Bonchev–Trinajstić information content (AvgIpc) is 3.53. The third kappa shape index (κ3) is 4.14. The molecule has 14 heteroatoms. The highest BCUT2D eigenvalue weighted by atomic mass is 19.4. The molecule has 1 saturated heterocycles. The highest BCUT2D eigenvalue weighted by Crippen LogP contribution is 2.40. The Labute approximate surface area is 231 Å². The number of nitrogens with two attached hydrogens (primary N) is 1. The number of nitrogen functional groups attached to an aromatic ring is 1. The first kappa shape index (κ1) is 22.3. The second kappa shape index (κ2) is 9.31. The first-order valence-electron chi connectivity index (χ1n) is 13.9. The summed E-state index contributed by atoms with van der Waals surface area (Å²) in [4.78, 5) is 30.8. The van der Waals surface area contributed by atoms with Gasteiger partial charge < -0.3 is 15.5 Å². The molecule has 5 rings (SSSR count). The van der Waals surface area contributed by atoms with E-state index in [9.17, 15) is 22.8 Å². The van der Waals surface area contributed by atoms with Gasteiger partial charge in [-0.2, -0.15) is 23.4 Å². The van der Waals surface area contributed by atoms with E-state index < -0.39 is 54.1 Å². The van der Waals surface area contributed by atoms with Crippen molar-refractivity contribution in [3.05, 3.63) is 48.7 Å². The van der Waals surface area contributed by atoms with Gasteiger partial charge in [0.1, 0.15) is 23.4 Å². The first-order chi connectivity index (χ1) is 20.3. The van der Waals surface area contributed by atoms with Crippen LogP contribution in [-0.4, -0.2) is 65.8 Å². The zero-order valence-corrected chi connectivity index (χ0v) is 21.7. The summed E-state index contributed by atoms with van der Waals surface area (Å²) in [5.74, 6) is -3.32. The van der Waals surface area contributed by atoms with Crippen molar-refractivity contribution in [3.63, 3.8) is 0 Å². The van der Waals surface area contributed by atoms with Crippen molar-refractivity contribution in [1.82, 2.24) is 29.3 Å². The summed E-state index contributed by atoms with van der Waals surface area (Å²) in [5.41, 5.74) is 3.30. The van der Waals surface area contributed by atoms with Gasteiger partial charge in [0, 0.05) is 37.2 Å². The molecule has 1 unspecified atom stereocenters. The molecule has 10 nitrogen and oxygen atoms in total. The molecule has 1 atom stereocenters. The normalized spacial score (nSPS) is 20.6. The molecule has 3 aromatic heterocycles. The van der Waals surface area contributed by atoms with Crippen molar-refractivity contribution in [1.29, 1.82) is 0 Å². The van der Waals surface area contributed by atoms with Gasteiger partial charge in [-0.3, -0.25) is 14.3 Å². The van der Waals surface area contributed by atoms with Crippen molar-refractivity contribution in [2.75, 3.05) is 23.6 Å².